The molecule has 0 saturated carbocycles. The minimum absolute atomic E-state index is 0.0816. The SMILES string of the molecule is CCc1ccc(-n2c(N3CCC(C(N)=O)CC3)nc3ccccc3c2=O)cc1. The molecule has 2 N–H and O–H groups in total. The van der Waals surface area contributed by atoms with Crippen molar-refractivity contribution >= 4 is 22.8 Å². The van der Waals surface area contributed by atoms with Gasteiger partial charge in [0.05, 0.1) is 16.6 Å². The van der Waals surface area contributed by atoms with Crippen LogP contribution in [-0.2, 0) is 11.2 Å². The Morgan fingerprint density at radius 3 is 2.43 bits per heavy atom. The molecule has 0 atom stereocenters. The summed E-state index contributed by atoms with van der Waals surface area (Å²) < 4.78 is 1.69. The van der Waals surface area contributed by atoms with Crippen molar-refractivity contribution in [3.05, 3.63) is 64.4 Å². The van der Waals surface area contributed by atoms with Gasteiger partial charge < -0.3 is 10.6 Å². The molecule has 1 amide bonds. The number of nitrogens with two attached hydrogens (primary N) is 1. The van der Waals surface area contributed by atoms with E-state index < -0.39 is 0 Å². The van der Waals surface area contributed by atoms with Crippen LogP contribution in [0.2, 0.25) is 0 Å². The molecule has 144 valence electrons. The van der Waals surface area contributed by atoms with Crippen molar-refractivity contribution in [1.82, 2.24) is 9.55 Å². The van der Waals surface area contributed by atoms with Gasteiger partial charge in [0.15, 0.2) is 0 Å². The molecule has 1 saturated heterocycles. The van der Waals surface area contributed by atoms with Crippen LogP contribution >= 0.6 is 0 Å². The Balaban J connectivity index is 1.84. The minimum Gasteiger partial charge on any atom is -0.369 e. The number of hydrogen-bond acceptors (Lipinski definition) is 4. The molecule has 3 aromatic rings. The molecule has 6 heteroatoms. The number of amides is 1. The van der Waals surface area contributed by atoms with Gasteiger partial charge in [-0.3, -0.25) is 9.59 Å². The fourth-order valence-corrected chi connectivity index (χ4v) is 3.81. The van der Waals surface area contributed by atoms with E-state index >= 15 is 0 Å². The highest BCUT2D eigenvalue weighted by Gasteiger charge is 2.26. The van der Waals surface area contributed by atoms with Gasteiger partial charge in [0.2, 0.25) is 11.9 Å². The van der Waals surface area contributed by atoms with Crippen molar-refractivity contribution in [3.8, 4) is 5.69 Å². The van der Waals surface area contributed by atoms with Gasteiger partial charge in [0, 0.05) is 19.0 Å². The van der Waals surface area contributed by atoms with Crippen molar-refractivity contribution in [1.29, 1.82) is 0 Å². The summed E-state index contributed by atoms with van der Waals surface area (Å²) in [5, 5.41) is 0.595. The van der Waals surface area contributed by atoms with Gasteiger partial charge in [0.1, 0.15) is 0 Å². The molecule has 1 aliphatic heterocycles. The van der Waals surface area contributed by atoms with Crippen LogP contribution in [0.15, 0.2) is 53.3 Å². The molecular formula is C22H24N4O2. The van der Waals surface area contributed by atoms with E-state index in [9.17, 15) is 9.59 Å². The van der Waals surface area contributed by atoms with Gasteiger partial charge >= 0.3 is 0 Å². The van der Waals surface area contributed by atoms with Gasteiger partial charge in [-0.15, -0.1) is 0 Å². The molecule has 6 nitrogen and oxygen atoms in total. The number of primary amides is 1. The maximum Gasteiger partial charge on any atom is 0.267 e. The number of anilines is 1. The average molecular weight is 376 g/mol. The largest absolute Gasteiger partial charge is 0.369 e. The third kappa shape index (κ3) is 3.26. The lowest BCUT2D eigenvalue weighted by atomic mass is 9.96. The van der Waals surface area contributed by atoms with Crippen molar-refractivity contribution in [2.45, 2.75) is 26.2 Å². The molecule has 0 aliphatic carbocycles. The Hall–Kier alpha value is -3.15. The third-order valence-electron chi connectivity index (χ3n) is 5.54. The Labute approximate surface area is 163 Å². The fraction of sp³-hybridized carbons (Fsp3) is 0.318. The van der Waals surface area contributed by atoms with Crippen LogP contribution in [0, 0.1) is 5.92 Å². The van der Waals surface area contributed by atoms with E-state index in [1.54, 1.807) is 4.57 Å². The van der Waals surface area contributed by atoms with E-state index in [1.807, 2.05) is 48.5 Å². The van der Waals surface area contributed by atoms with Gasteiger partial charge in [-0.25, -0.2) is 9.55 Å². The topological polar surface area (TPSA) is 81.2 Å². The fourth-order valence-electron chi connectivity index (χ4n) is 3.81. The first-order valence-corrected chi connectivity index (χ1v) is 9.74. The number of fused-ring (bicyclic) bond motifs is 1. The second-order valence-electron chi connectivity index (χ2n) is 7.25. The number of piperidine rings is 1. The molecule has 0 spiro atoms. The average Bonchev–Trinajstić information content (AvgIpc) is 2.74. The third-order valence-corrected chi connectivity index (χ3v) is 5.54. The summed E-state index contributed by atoms with van der Waals surface area (Å²) >= 11 is 0. The zero-order valence-corrected chi connectivity index (χ0v) is 16.0. The van der Waals surface area contributed by atoms with Crippen LogP contribution in [0.1, 0.15) is 25.3 Å². The number of aryl methyl sites for hydroxylation is 1. The molecule has 0 radical (unpaired) electrons. The summed E-state index contributed by atoms with van der Waals surface area (Å²) in [6.45, 7) is 3.39. The first-order chi connectivity index (χ1) is 13.6. The molecule has 0 bridgehead atoms. The first-order valence-electron chi connectivity index (χ1n) is 9.74. The van der Waals surface area contributed by atoms with Gasteiger partial charge in [0.25, 0.3) is 5.56 Å². The lowest BCUT2D eigenvalue weighted by Crippen LogP contribution is -2.41. The maximum atomic E-state index is 13.3. The van der Waals surface area contributed by atoms with E-state index in [0.717, 1.165) is 12.1 Å². The second-order valence-corrected chi connectivity index (χ2v) is 7.25. The highest BCUT2D eigenvalue weighted by molar-refractivity contribution is 5.80. The van der Waals surface area contributed by atoms with Crippen molar-refractivity contribution in [3.63, 3.8) is 0 Å². The van der Waals surface area contributed by atoms with Crippen LogP contribution in [0.4, 0.5) is 5.95 Å². The minimum atomic E-state index is -0.251. The molecule has 28 heavy (non-hydrogen) atoms. The number of aromatic nitrogens is 2. The molecule has 2 aromatic carbocycles. The van der Waals surface area contributed by atoms with Crippen LogP contribution in [-0.4, -0.2) is 28.5 Å². The zero-order valence-electron chi connectivity index (χ0n) is 16.0. The molecule has 2 heterocycles. The maximum absolute atomic E-state index is 13.3. The molecular weight excluding hydrogens is 352 g/mol. The summed E-state index contributed by atoms with van der Waals surface area (Å²) in [5.41, 5.74) is 8.09. The van der Waals surface area contributed by atoms with Crippen LogP contribution in [0.5, 0.6) is 0 Å². The quantitative estimate of drug-likeness (QED) is 0.759. The number of hydrogen-bond donors (Lipinski definition) is 1. The smallest absolute Gasteiger partial charge is 0.267 e. The predicted molar refractivity (Wildman–Crippen MR) is 111 cm³/mol. The van der Waals surface area contributed by atoms with E-state index in [4.69, 9.17) is 10.7 Å². The van der Waals surface area contributed by atoms with Crippen molar-refractivity contribution in [2.75, 3.05) is 18.0 Å². The van der Waals surface area contributed by atoms with E-state index in [1.165, 1.54) is 5.56 Å². The monoisotopic (exact) mass is 376 g/mol. The molecule has 1 aliphatic rings. The summed E-state index contributed by atoms with van der Waals surface area (Å²) in [6, 6.07) is 15.4. The van der Waals surface area contributed by atoms with E-state index in [2.05, 4.69) is 11.8 Å². The van der Waals surface area contributed by atoms with E-state index in [0.29, 0.717) is 42.8 Å². The number of carbonyl (C=O) groups is 1. The number of carbonyl (C=O) groups excluding carboxylic acids is 1. The van der Waals surface area contributed by atoms with E-state index in [-0.39, 0.29) is 17.4 Å². The predicted octanol–water partition coefficient (Wildman–Crippen LogP) is 2.65. The number of para-hydroxylation sites is 1. The van der Waals surface area contributed by atoms with Gasteiger partial charge in [-0.05, 0) is 49.1 Å². The molecule has 1 fully saturated rings. The molecule has 1 aromatic heterocycles. The highest BCUT2D eigenvalue weighted by atomic mass is 16.1. The lowest BCUT2D eigenvalue weighted by molar-refractivity contribution is -0.122. The number of nitrogens with zero attached hydrogens (tertiary/aromatic N) is 3. The zero-order chi connectivity index (χ0) is 19.7. The summed E-state index contributed by atoms with van der Waals surface area (Å²) in [4.78, 5) is 31.8. The van der Waals surface area contributed by atoms with Gasteiger partial charge in [-0.1, -0.05) is 31.2 Å². The summed E-state index contributed by atoms with van der Waals surface area (Å²) in [6.07, 6.45) is 2.29. The van der Waals surface area contributed by atoms with Crippen LogP contribution < -0.4 is 16.2 Å². The number of rotatable bonds is 4. The van der Waals surface area contributed by atoms with Crippen LogP contribution in [0.25, 0.3) is 16.6 Å². The second kappa shape index (κ2) is 7.46. The van der Waals surface area contributed by atoms with Crippen molar-refractivity contribution < 1.29 is 4.79 Å². The molecule has 4 rings (SSSR count). The Morgan fingerprint density at radius 1 is 1.11 bits per heavy atom. The lowest BCUT2D eigenvalue weighted by Gasteiger charge is -2.32. The number of benzene rings is 2. The summed E-state index contributed by atoms with van der Waals surface area (Å²) in [5.74, 6) is 0.259. The highest BCUT2D eigenvalue weighted by Crippen LogP contribution is 2.25. The Kier molecular flexibility index (Phi) is 4.86. The normalized spacial score (nSPS) is 15.1. The molecule has 0 unspecified atom stereocenters. The van der Waals surface area contributed by atoms with Crippen LogP contribution in [0.3, 0.4) is 0 Å². The Morgan fingerprint density at radius 2 is 1.79 bits per heavy atom. The van der Waals surface area contributed by atoms with Gasteiger partial charge in [-0.2, -0.15) is 0 Å². The van der Waals surface area contributed by atoms with Crippen molar-refractivity contribution in [2.24, 2.45) is 11.7 Å². The summed E-state index contributed by atoms with van der Waals surface area (Å²) in [7, 11) is 0. The Bertz CT molecular complexity index is 1060. The first kappa shape index (κ1) is 18.2. The standard InChI is InChI=1S/C22H24N4O2/c1-2-15-7-9-17(10-8-15)26-21(28)18-5-3-4-6-19(18)24-22(26)25-13-11-16(12-14-25)20(23)27/h3-10,16H,2,11-14H2,1H3,(H2,23,27).